The van der Waals surface area contributed by atoms with E-state index in [4.69, 9.17) is 4.74 Å². The highest BCUT2D eigenvalue weighted by atomic mass is 35.5. The fourth-order valence-corrected chi connectivity index (χ4v) is 5.81. The van der Waals surface area contributed by atoms with Crippen LogP contribution in [0.25, 0.3) is 21.1 Å². The zero-order chi connectivity index (χ0) is 22.0. The van der Waals surface area contributed by atoms with Crippen molar-refractivity contribution in [2.24, 2.45) is 5.92 Å². The van der Waals surface area contributed by atoms with Crippen LogP contribution in [0, 0.1) is 11.7 Å². The van der Waals surface area contributed by atoms with Gasteiger partial charge in [-0.1, -0.05) is 0 Å². The number of methoxy groups -OCH3 is 1. The van der Waals surface area contributed by atoms with Crippen LogP contribution in [0.4, 0.5) is 10.1 Å². The van der Waals surface area contributed by atoms with E-state index < -0.39 is 16.8 Å². The van der Waals surface area contributed by atoms with Crippen LogP contribution in [0.5, 0.6) is 5.75 Å². The average molecular weight is 483 g/mol. The summed E-state index contributed by atoms with van der Waals surface area (Å²) in [6.07, 6.45) is 2.89. The van der Waals surface area contributed by atoms with Crippen LogP contribution in [0.1, 0.15) is 32.2 Å². The Balaban J connectivity index is 0.00000245. The van der Waals surface area contributed by atoms with Crippen LogP contribution < -0.4 is 20.6 Å². The van der Waals surface area contributed by atoms with Crippen LogP contribution in [0.2, 0.25) is 0 Å². The first-order valence-electron chi connectivity index (χ1n) is 10.7. The molecular formula is C22H28ClFN4O3S. The number of benzene rings is 1. The van der Waals surface area contributed by atoms with Crippen LogP contribution in [0.15, 0.2) is 15.7 Å². The molecule has 7 nitrogen and oxygen atoms in total. The van der Waals surface area contributed by atoms with E-state index in [0.717, 1.165) is 43.9 Å². The van der Waals surface area contributed by atoms with E-state index >= 15 is 4.39 Å². The number of aromatic amines is 1. The van der Waals surface area contributed by atoms with Gasteiger partial charge in [-0.3, -0.25) is 14.0 Å². The van der Waals surface area contributed by atoms with Crippen molar-refractivity contribution in [1.29, 1.82) is 0 Å². The number of pyridine rings is 1. The molecule has 1 saturated carbocycles. The van der Waals surface area contributed by atoms with Crippen LogP contribution >= 0.6 is 23.9 Å². The fraction of sp³-hybridized carbons (Fsp3) is 0.545. The maximum atomic E-state index is 15.5. The van der Waals surface area contributed by atoms with Crippen molar-refractivity contribution in [2.75, 3.05) is 39.2 Å². The summed E-state index contributed by atoms with van der Waals surface area (Å²) < 4.78 is 26.0. The SMILES string of the molecule is COc1c(N2CC[C@@H](C(C)N(C)C)C2)c(F)cc2c(=O)c3c(=O)[nH]sc3n(C3CC3)c12.Cl. The molecule has 1 saturated heterocycles. The number of anilines is 1. The highest BCUT2D eigenvalue weighted by molar-refractivity contribution is 7.12. The van der Waals surface area contributed by atoms with E-state index in [-0.39, 0.29) is 29.2 Å². The van der Waals surface area contributed by atoms with Gasteiger partial charge >= 0.3 is 0 Å². The zero-order valence-corrected chi connectivity index (χ0v) is 20.2. The van der Waals surface area contributed by atoms with E-state index in [2.05, 4.69) is 30.3 Å². The van der Waals surface area contributed by atoms with E-state index in [9.17, 15) is 9.59 Å². The summed E-state index contributed by atoms with van der Waals surface area (Å²) in [7, 11) is 5.65. The second-order valence-electron chi connectivity index (χ2n) is 8.98. The van der Waals surface area contributed by atoms with Gasteiger partial charge in [0, 0.05) is 25.2 Å². The number of halogens is 2. The Labute approximate surface area is 195 Å². The summed E-state index contributed by atoms with van der Waals surface area (Å²) in [5, 5.41) is 0.318. The molecule has 0 spiro atoms. The molecule has 0 amide bonds. The predicted octanol–water partition coefficient (Wildman–Crippen LogP) is 3.59. The monoisotopic (exact) mass is 482 g/mol. The first kappa shape index (κ1) is 23.1. The Morgan fingerprint density at radius 1 is 1.28 bits per heavy atom. The largest absolute Gasteiger partial charge is 0.492 e. The smallest absolute Gasteiger partial charge is 0.271 e. The van der Waals surface area contributed by atoms with Gasteiger partial charge in [0.25, 0.3) is 5.56 Å². The van der Waals surface area contributed by atoms with Gasteiger partial charge in [0.2, 0.25) is 5.43 Å². The molecule has 5 rings (SSSR count). The number of hydrogen-bond donors (Lipinski definition) is 1. The molecule has 1 unspecified atom stereocenters. The van der Waals surface area contributed by atoms with Crippen molar-refractivity contribution in [3.8, 4) is 5.75 Å². The molecule has 1 aliphatic carbocycles. The van der Waals surface area contributed by atoms with Crippen molar-refractivity contribution in [2.45, 2.75) is 38.3 Å². The molecule has 3 aromatic rings. The third kappa shape index (κ3) is 3.41. The van der Waals surface area contributed by atoms with Gasteiger partial charge in [-0.05, 0) is 63.8 Å². The Morgan fingerprint density at radius 2 is 2.00 bits per heavy atom. The minimum atomic E-state index is -0.479. The van der Waals surface area contributed by atoms with Crippen LogP contribution in [0.3, 0.4) is 0 Å². The topological polar surface area (TPSA) is 70.6 Å². The van der Waals surface area contributed by atoms with Gasteiger partial charge in [-0.2, -0.15) is 0 Å². The zero-order valence-electron chi connectivity index (χ0n) is 18.6. The average Bonchev–Trinajstić information content (AvgIpc) is 3.33. The van der Waals surface area contributed by atoms with Gasteiger partial charge in [0.05, 0.1) is 18.0 Å². The third-order valence-corrected chi connectivity index (χ3v) is 7.83. The Hall–Kier alpha value is -2.10. The molecule has 174 valence electrons. The van der Waals surface area contributed by atoms with Crippen molar-refractivity contribution in [1.82, 2.24) is 13.8 Å². The lowest BCUT2D eigenvalue weighted by molar-refractivity contribution is 0.240. The summed E-state index contributed by atoms with van der Waals surface area (Å²) in [4.78, 5) is 30.3. The second kappa shape index (κ2) is 8.35. The van der Waals surface area contributed by atoms with E-state index in [0.29, 0.717) is 33.7 Å². The lowest BCUT2D eigenvalue weighted by atomic mass is 10.00. The normalized spacial score (nSPS) is 19.7. The van der Waals surface area contributed by atoms with Gasteiger partial charge < -0.3 is 19.1 Å². The lowest BCUT2D eigenvalue weighted by Gasteiger charge is -2.28. The summed E-state index contributed by atoms with van der Waals surface area (Å²) in [6, 6.07) is 1.86. The molecule has 0 bridgehead atoms. The number of nitrogens with one attached hydrogen (secondary N) is 1. The molecule has 2 fully saturated rings. The summed E-state index contributed by atoms with van der Waals surface area (Å²) >= 11 is 1.16. The van der Waals surface area contributed by atoms with Gasteiger partial charge in [-0.25, -0.2) is 4.39 Å². The second-order valence-corrected chi connectivity index (χ2v) is 9.77. The molecule has 2 aliphatic rings. The van der Waals surface area contributed by atoms with Crippen LogP contribution in [-0.2, 0) is 0 Å². The number of hydrogen-bond acceptors (Lipinski definition) is 6. The van der Waals surface area contributed by atoms with Crippen molar-refractivity contribution in [3.05, 3.63) is 32.5 Å². The summed E-state index contributed by atoms with van der Waals surface area (Å²) in [6.45, 7) is 3.65. The minimum absolute atomic E-state index is 0. The van der Waals surface area contributed by atoms with Crippen molar-refractivity contribution in [3.63, 3.8) is 0 Å². The summed E-state index contributed by atoms with van der Waals surface area (Å²) in [5.41, 5.74) is 0.163. The number of ether oxygens (including phenoxy) is 1. The molecule has 10 heteroatoms. The molecule has 32 heavy (non-hydrogen) atoms. The third-order valence-electron chi connectivity index (χ3n) is 6.95. The molecule has 3 heterocycles. The molecule has 0 radical (unpaired) electrons. The predicted molar refractivity (Wildman–Crippen MR) is 130 cm³/mol. The molecular weight excluding hydrogens is 455 g/mol. The highest BCUT2D eigenvalue weighted by Gasteiger charge is 2.35. The molecule has 2 atom stereocenters. The number of nitrogens with zero attached hydrogens (tertiary/aromatic N) is 3. The molecule has 2 aromatic heterocycles. The molecule has 1 aliphatic heterocycles. The Bertz CT molecular complexity index is 1300. The first-order chi connectivity index (χ1) is 14.8. The Kier molecular flexibility index (Phi) is 6.02. The number of aromatic nitrogens is 2. The van der Waals surface area contributed by atoms with E-state index in [1.807, 2.05) is 9.47 Å². The minimum Gasteiger partial charge on any atom is -0.492 e. The standard InChI is InChI=1S/C22H27FN4O3S.ClH/c1-11(25(2)3)12-7-8-26(10-12)18-15(23)9-14-17(20(18)30-4)27(13-5-6-13)22-16(19(14)28)21(29)24-31-22;/h9,11-13H,5-8,10H2,1-4H3,(H,24,29);1H/t11?,12-;/m1./s1. The molecule has 1 N–H and O–H groups in total. The van der Waals surface area contributed by atoms with Gasteiger partial charge in [0.1, 0.15) is 15.9 Å². The quantitative estimate of drug-likeness (QED) is 0.602. The van der Waals surface area contributed by atoms with E-state index in [1.54, 1.807) is 0 Å². The number of H-pyrrole nitrogens is 1. The van der Waals surface area contributed by atoms with Gasteiger partial charge in [0.15, 0.2) is 11.6 Å². The lowest BCUT2D eigenvalue weighted by Crippen LogP contribution is -2.34. The Morgan fingerprint density at radius 3 is 2.62 bits per heavy atom. The van der Waals surface area contributed by atoms with Crippen molar-refractivity contribution < 1.29 is 9.13 Å². The fourth-order valence-electron chi connectivity index (χ4n) is 4.89. The maximum Gasteiger partial charge on any atom is 0.271 e. The number of fused-ring (bicyclic) bond motifs is 2. The molecule has 1 aromatic carbocycles. The number of rotatable bonds is 5. The van der Waals surface area contributed by atoms with E-state index in [1.165, 1.54) is 13.2 Å². The highest BCUT2D eigenvalue weighted by Crippen LogP contribution is 2.46. The summed E-state index contributed by atoms with van der Waals surface area (Å²) in [5.74, 6) is 0.325. The van der Waals surface area contributed by atoms with Gasteiger partial charge in [-0.15, -0.1) is 12.4 Å². The first-order valence-corrected chi connectivity index (χ1v) is 11.5. The van der Waals surface area contributed by atoms with Crippen LogP contribution in [-0.4, -0.2) is 54.2 Å². The van der Waals surface area contributed by atoms with Crippen molar-refractivity contribution >= 4 is 50.7 Å². The maximum absolute atomic E-state index is 15.5.